The molecule has 2 aliphatic rings. The fourth-order valence-corrected chi connectivity index (χ4v) is 11.6. The van der Waals surface area contributed by atoms with E-state index in [1.165, 1.54) is 4.90 Å². The minimum Gasteiger partial charge on any atom is -0.393 e. The Hall–Kier alpha value is -7.71. The number of carbonyl (C=O) groups excluding carboxylic acids is 4. The fraction of sp³-hybridized carbons (Fsp3) is 0.381. The number of amides is 4. The van der Waals surface area contributed by atoms with Gasteiger partial charge in [0.15, 0.2) is 0 Å². The summed E-state index contributed by atoms with van der Waals surface area (Å²) in [5.41, 5.74) is 11.0. The van der Waals surface area contributed by atoms with E-state index in [4.69, 9.17) is 4.98 Å². The van der Waals surface area contributed by atoms with Crippen LogP contribution in [-0.2, 0) is 32.3 Å². The number of aliphatic hydroxyl groups is 2. The molecule has 1 saturated heterocycles. The summed E-state index contributed by atoms with van der Waals surface area (Å²) in [4.78, 5) is 65.6. The average molecular weight is 1080 g/mol. The lowest BCUT2D eigenvalue weighted by Crippen LogP contribution is -2.57. The normalized spacial score (nSPS) is 17.7. The molecule has 0 spiro atoms. The SMILES string of the molecule is Cc1ncsc1-c1ccc(CNC(=O)[C@@H]2C[C@@H](O)CN2C(=O)[C@@H](NC(=O)CCNC(=O)CCCCC#Cc2cccc(Cn3c(-c4ccccc4)c(-c4ccccc4)c4c(=N)n(C5CCC(O)CC5)cnc43)c2)C(C)(C)C)cc1. The van der Waals surface area contributed by atoms with Gasteiger partial charge in [0.05, 0.1) is 45.7 Å². The van der Waals surface area contributed by atoms with Crippen LogP contribution in [-0.4, -0.2) is 95.2 Å². The molecule has 0 unspecified atom stereocenters. The first kappa shape index (κ1) is 56.0. The molecule has 4 aromatic carbocycles. The van der Waals surface area contributed by atoms with Crippen molar-refractivity contribution in [3.05, 3.63) is 149 Å². The van der Waals surface area contributed by atoms with Crippen LogP contribution in [0.2, 0.25) is 0 Å². The van der Waals surface area contributed by atoms with E-state index < -0.39 is 35.4 Å². The third kappa shape index (κ3) is 13.6. The monoisotopic (exact) mass is 1080 g/mol. The fourth-order valence-electron chi connectivity index (χ4n) is 10.8. The van der Waals surface area contributed by atoms with Gasteiger partial charge in [0.25, 0.3) is 0 Å². The number of hydrogen-bond donors (Lipinski definition) is 6. The number of thiazole rings is 1. The molecule has 79 heavy (non-hydrogen) atoms. The van der Waals surface area contributed by atoms with Crippen molar-refractivity contribution in [2.24, 2.45) is 5.41 Å². The number of fused-ring (bicyclic) bond motifs is 1. The van der Waals surface area contributed by atoms with E-state index in [2.05, 4.69) is 73.7 Å². The number of hydrogen-bond acceptors (Lipinski definition) is 10. The summed E-state index contributed by atoms with van der Waals surface area (Å²) in [7, 11) is 0. The number of aryl methyl sites for hydroxylation is 1. The Morgan fingerprint density at radius 3 is 2.22 bits per heavy atom. The predicted molar refractivity (Wildman–Crippen MR) is 308 cm³/mol. The number of aromatic nitrogens is 4. The Labute approximate surface area is 466 Å². The summed E-state index contributed by atoms with van der Waals surface area (Å²) in [6.07, 6.45) is 5.86. The topological polar surface area (TPSA) is 208 Å². The van der Waals surface area contributed by atoms with E-state index in [9.17, 15) is 34.8 Å². The van der Waals surface area contributed by atoms with Gasteiger partial charge in [-0.3, -0.25) is 24.6 Å². The van der Waals surface area contributed by atoms with Crippen molar-refractivity contribution < 1.29 is 29.4 Å². The van der Waals surface area contributed by atoms with Crippen LogP contribution >= 0.6 is 11.3 Å². The number of nitrogens with one attached hydrogen (secondary N) is 4. The maximum Gasteiger partial charge on any atom is 0.246 e. The smallest absolute Gasteiger partial charge is 0.246 e. The Morgan fingerprint density at radius 1 is 0.797 bits per heavy atom. The number of unbranched alkanes of at least 4 members (excludes halogenated alkanes) is 2. The first-order chi connectivity index (χ1) is 38.1. The third-order valence-electron chi connectivity index (χ3n) is 15.0. The van der Waals surface area contributed by atoms with E-state index in [1.54, 1.807) is 11.3 Å². The molecule has 3 atom stereocenters. The van der Waals surface area contributed by atoms with Crippen LogP contribution < -0.4 is 21.4 Å². The molecule has 9 rings (SSSR count). The lowest BCUT2D eigenvalue weighted by Gasteiger charge is -2.35. The van der Waals surface area contributed by atoms with Crippen molar-refractivity contribution in [3.8, 4) is 44.7 Å². The third-order valence-corrected chi connectivity index (χ3v) is 16.0. The zero-order valence-electron chi connectivity index (χ0n) is 45.5. The minimum atomic E-state index is -0.977. The zero-order valence-corrected chi connectivity index (χ0v) is 46.3. The molecule has 0 radical (unpaired) electrons. The van der Waals surface area contributed by atoms with Crippen LogP contribution in [0.5, 0.6) is 0 Å². The molecule has 15 nitrogen and oxygen atoms in total. The highest BCUT2D eigenvalue weighted by Crippen LogP contribution is 2.40. The first-order valence-electron chi connectivity index (χ1n) is 27.5. The first-order valence-corrected chi connectivity index (χ1v) is 28.4. The highest BCUT2D eigenvalue weighted by atomic mass is 32.1. The Balaban J connectivity index is 0.763. The molecule has 2 fully saturated rings. The summed E-state index contributed by atoms with van der Waals surface area (Å²) in [5.74, 6) is 5.19. The molecule has 4 amide bonds. The number of carbonyl (C=O) groups is 4. The van der Waals surface area contributed by atoms with Crippen molar-refractivity contribution >= 4 is 46.0 Å². The van der Waals surface area contributed by atoms with E-state index in [0.29, 0.717) is 44.1 Å². The van der Waals surface area contributed by atoms with Crippen molar-refractivity contribution in [2.45, 2.75) is 135 Å². The van der Waals surface area contributed by atoms with Crippen LogP contribution in [0.4, 0.5) is 0 Å². The van der Waals surface area contributed by atoms with Gasteiger partial charge in [-0.05, 0) is 90.8 Å². The number of β-amino-alcohol motifs (C(OH)–C–C–N with tert-alkyl or cyclic N) is 1. The number of rotatable bonds is 18. The van der Waals surface area contributed by atoms with E-state index in [-0.39, 0.29) is 62.9 Å². The molecular formula is C63H71N9O6S. The van der Waals surface area contributed by atoms with Gasteiger partial charge < -0.3 is 40.2 Å². The molecule has 1 aliphatic heterocycles. The summed E-state index contributed by atoms with van der Waals surface area (Å²) in [6, 6.07) is 34.8. The van der Waals surface area contributed by atoms with Crippen LogP contribution in [0.1, 0.15) is 113 Å². The largest absolute Gasteiger partial charge is 0.393 e. The minimum absolute atomic E-state index is 0.0287. The maximum atomic E-state index is 14.1. The molecule has 4 heterocycles. The second kappa shape index (κ2) is 25.4. The lowest BCUT2D eigenvalue weighted by atomic mass is 9.85. The molecule has 7 aromatic rings. The average Bonchev–Trinajstić information content (AvgIpc) is 4.29. The maximum absolute atomic E-state index is 14.1. The van der Waals surface area contributed by atoms with Crippen LogP contribution in [0.15, 0.2) is 121 Å². The van der Waals surface area contributed by atoms with Crippen molar-refractivity contribution in [2.75, 3.05) is 13.1 Å². The standard InChI is InChI=1S/C63H71N9O6S/c1-41-57(79-40-68-41)47-26-24-43(25-27-47)36-66-61(77)51-35-50(74)38-70(51)62(78)58(63(2,3)4)69-53(76)32-33-65-52(75)23-14-6-5-9-16-42-17-15-18-44(34-42)37-71-56(46-21-12-8-13-22-46)54(45-19-10-7-11-20-45)55-59(64)72(39-67-60(55)71)48-28-30-49(73)31-29-48/h7-8,10-13,15,17-22,24-27,34,39-40,48-51,58,64,73-74H,5-6,14,23,28-33,35-38H2,1-4H3,(H,65,75)(H,66,77)(H,69,76)/t48?,49?,50-,51+,58-/m1/s1. The summed E-state index contributed by atoms with van der Waals surface area (Å²) < 4.78 is 4.22. The number of likely N-dealkylation sites (tertiary alicyclic amines) is 1. The Morgan fingerprint density at radius 2 is 1.52 bits per heavy atom. The van der Waals surface area contributed by atoms with E-state index in [0.717, 1.165) is 79.1 Å². The molecule has 1 saturated carbocycles. The molecule has 0 bridgehead atoms. The van der Waals surface area contributed by atoms with Gasteiger partial charge in [0.2, 0.25) is 23.6 Å². The van der Waals surface area contributed by atoms with Gasteiger partial charge in [0, 0.05) is 69.0 Å². The van der Waals surface area contributed by atoms with Crippen LogP contribution in [0, 0.1) is 29.6 Å². The zero-order chi connectivity index (χ0) is 55.6. The summed E-state index contributed by atoms with van der Waals surface area (Å²) in [5, 5.41) is 40.0. The van der Waals surface area contributed by atoms with Crippen molar-refractivity contribution in [1.29, 1.82) is 5.41 Å². The lowest BCUT2D eigenvalue weighted by molar-refractivity contribution is -0.144. The molecule has 410 valence electrons. The van der Waals surface area contributed by atoms with Crippen LogP contribution in [0.25, 0.3) is 43.9 Å². The van der Waals surface area contributed by atoms with Crippen molar-refractivity contribution in [3.63, 3.8) is 0 Å². The van der Waals surface area contributed by atoms with Gasteiger partial charge in [0.1, 0.15) is 23.2 Å². The molecule has 1 aliphatic carbocycles. The Kier molecular flexibility index (Phi) is 18.0. The van der Waals surface area contributed by atoms with Gasteiger partial charge in [-0.25, -0.2) is 9.97 Å². The second-order valence-electron chi connectivity index (χ2n) is 22.0. The van der Waals surface area contributed by atoms with Gasteiger partial charge in [-0.2, -0.15) is 0 Å². The molecular weight excluding hydrogens is 1010 g/mol. The number of benzene rings is 4. The number of aliphatic hydroxyl groups excluding tert-OH is 2. The molecule has 3 aromatic heterocycles. The van der Waals surface area contributed by atoms with Gasteiger partial charge in [-0.15, -0.1) is 11.3 Å². The van der Waals surface area contributed by atoms with Gasteiger partial charge >= 0.3 is 0 Å². The number of nitrogens with zero attached hydrogens (tertiary/aromatic N) is 5. The highest BCUT2D eigenvalue weighted by molar-refractivity contribution is 7.13. The second-order valence-corrected chi connectivity index (χ2v) is 22.8. The van der Waals surface area contributed by atoms with E-state index >= 15 is 0 Å². The van der Waals surface area contributed by atoms with E-state index in [1.807, 2.05) is 117 Å². The van der Waals surface area contributed by atoms with Crippen LogP contribution in [0.3, 0.4) is 0 Å². The summed E-state index contributed by atoms with van der Waals surface area (Å²) in [6.45, 7) is 8.28. The molecule has 6 N–H and O–H groups in total. The molecule has 16 heteroatoms. The summed E-state index contributed by atoms with van der Waals surface area (Å²) >= 11 is 1.57. The van der Waals surface area contributed by atoms with Crippen molar-refractivity contribution in [1.82, 2.24) is 40.0 Å². The van der Waals surface area contributed by atoms with Gasteiger partial charge in [-0.1, -0.05) is 130 Å². The Bertz CT molecular complexity index is 3400. The quantitative estimate of drug-likeness (QED) is 0.0361. The predicted octanol–water partition coefficient (Wildman–Crippen LogP) is 8.83. The highest BCUT2D eigenvalue weighted by Gasteiger charge is 2.44.